The third-order valence-electron chi connectivity index (χ3n) is 3.98. The molecule has 1 unspecified atom stereocenters. The second-order valence-electron chi connectivity index (χ2n) is 5.46. The Hall–Kier alpha value is -1.41. The van der Waals surface area contributed by atoms with E-state index in [1.165, 1.54) is 18.6 Å². The second-order valence-corrected chi connectivity index (χ2v) is 5.46. The van der Waals surface area contributed by atoms with E-state index >= 15 is 0 Å². The quantitative estimate of drug-likeness (QED) is 0.836. The summed E-state index contributed by atoms with van der Waals surface area (Å²) in [5, 5.41) is 9.57. The molecular formula is C17H23FN2O. The molecule has 1 aliphatic heterocycles. The predicted octanol–water partition coefficient (Wildman–Crippen LogP) is 1.87. The molecule has 4 heteroatoms. The van der Waals surface area contributed by atoms with Crippen molar-refractivity contribution >= 4 is 0 Å². The first-order valence-corrected chi connectivity index (χ1v) is 7.57. The van der Waals surface area contributed by atoms with Crippen LogP contribution in [0.1, 0.15) is 36.8 Å². The van der Waals surface area contributed by atoms with Crippen LogP contribution in [0, 0.1) is 17.7 Å². The zero-order chi connectivity index (χ0) is 15.1. The molecule has 114 valence electrons. The maximum absolute atomic E-state index is 13.4. The van der Waals surface area contributed by atoms with Gasteiger partial charge in [-0.15, -0.1) is 0 Å². The van der Waals surface area contributed by atoms with Crippen molar-refractivity contribution in [1.29, 1.82) is 0 Å². The molecule has 1 saturated heterocycles. The van der Waals surface area contributed by atoms with Crippen molar-refractivity contribution in [3.63, 3.8) is 0 Å². The summed E-state index contributed by atoms with van der Waals surface area (Å²) >= 11 is 0. The van der Waals surface area contributed by atoms with Crippen molar-refractivity contribution in [3.8, 4) is 11.8 Å². The normalized spacial score (nSPS) is 19.7. The average Bonchev–Trinajstić information content (AvgIpc) is 2.72. The smallest absolute Gasteiger partial charge is 0.124 e. The highest BCUT2D eigenvalue weighted by molar-refractivity contribution is 5.42. The van der Waals surface area contributed by atoms with Crippen molar-refractivity contribution < 1.29 is 9.50 Å². The summed E-state index contributed by atoms with van der Waals surface area (Å²) in [7, 11) is 0. The van der Waals surface area contributed by atoms with Gasteiger partial charge in [-0.2, -0.15) is 0 Å². The molecule has 1 aromatic carbocycles. The minimum Gasteiger partial charge on any atom is -0.395 e. The van der Waals surface area contributed by atoms with Gasteiger partial charge < -0.3 is 10.8 Å². The number of hydrogen-bond acceptors (Lipinski definition) is 3. The highest BCUT2D eigenvalue weighted by Gasteiger charge is 2.21. The maximum atomic E-state index is 13.4. The van der Waals surface area contributed by atoms with Crippen molar-refractivity contribution in [2.75, 3.05) is 19.7 Å². The third-order valence-corrected chi connectivity index (χ3v) is 3.98. The summed E-state index contributed by atoms with van der Waals surface area (Å²) in [6, 6.07) is 4.90. The number of nitrogens with two attached hydrogens (primary N) is 1. The SMILES string of the molecule is NCC#Cc1cc(F)ccc1CN1CCCCCC1CO. The van der Waals surface area contributed by atoms with Crippen LogP contribution < -0.4 is 5.73 Å². The molecule has 0 aromatic heterocycles. The number of likely N-dealkylation sites (tertiary alicyclic amines) is 1. The summed E-state index contributed by atoms with van der Waals surface area (Å²) in [6.07, 6.45) is 4.52. The lowest BCUT2D eigenvalue weighted by Crippen LogP contribution is -2.37. The van der Waals surface area contributed by atoms with Crippen LogP contribution in [-0.4, -0.2) is 35.7 Å². The van der Waals surface area contributed by atoms with E-state index in [4.69, 9.17) is 5.73 Å². The number of nitrogens with zero attached hydrogens (tertiary/aromatic N) is 1. The van der Waals surface area contributed by atoms with E-state index in [1.54, 1.807) is 6.07 Å². The fourth-order valence-corrected chi connectivity index (χ4v) is 2.82. The Balaban J connectivity index is 2.20. The van der Waals surface area contributed by atoms with Gasteiger partial charge in [0.25, 0.3) is 0 Å². The summed E-state index contributed by atoms with van der Waals surface area (Å²) < 4.78 is 13.4. The molecule has 21 heavy (non-hydrogen) atoms. The molecule has 0 amide bonds. The van der Waals surface area contributed by atoms with Gasteiger partial charge in [-0.3, -0.25) is 4.90 Å². The number of benzene rings is 1. The predicted molar refractivity (Wildman–Crippen MR) is 82.1 cm³/mol. The van der Waals surface area contributed by atoms with Crippen LogP contribution >= 0.6 is 0 Å². The molecule has 1 heterocycles. The van der Waals surface area contributed by atoms with Crippen LogP contribution in [0.4, 0.5) is 4.39 Å². The van der Waals surface area contributed by atoms with Gasteiger partial charge in [-0.1, -0.05) is 30.7 Å². The molecule has 0 spiro atoms. The number of aliphatic hydroxyl groups excluding tert-OH is 1. The topological polar surface area (TPSA) is 49.5 Å². The summed E-state index contributed by atoms with van der Waals surface area (Å²) in [5.74, 6) is 5.46. The maximum Gasteiger partial charge on any atom is 0.124 e. The molecule has 1 fully saturated rings. The Morgan fingerprint density at radius 2 is 2.19 bits per heavy atom. The van der Waals surface area contributed by atoms with Gasteiger partial charge in [0, 0.05) is 18.2 Å². The zero-order valence-corrected chi connectivity index (χ0v) is 12.3. The first-order valence-electron chi connectivity index (χ1n) is 7.57. The molecule has 0 aliphatic carbocycles. The van der Waals surface area contributed by atoms with E-state index in [0.717, 1.165) is 31.4 Å². The molecule has 1 atom stereocenters. The number of hydrogen-bond donors (Lipinski definition) is 2. The first-order chi connectivity index (χ1) is 10.2. The summed E-state index contributed by atoms with van der Waals surface area (Å²) in [6.45, 7) is 2.09. The standard InChI is InChI=1S/C17H23FN2O/c18-16-8-7-15(14(11-16)5-4-9-19)12-20-10-3-1-2-6-17(20)13-21/h7-8,11,17,21H,1-3,6,9-10,12-13,19H2. The molecule has 3 N–H and O–H groups in total. The molecule has 0 radical (unpaired) electrons. The van der Waals surface area contributed by atoms with Crippen LogP contribution in [0.25, 0.3) is 0 Å². The molecular weight excluding hydrogens is 267 g/mol. The lowest BCUT2D eigenvalue weighted by Gasteiger charge is -2.28. The van der Waals surface area contributed by atoms with Crippen LogP contribution in [0.15, 0.2) is 18.2 Å². The van der Waals surface area contributed by atoms with E-state index in [9.17, 15) is 9.50 Å². The Morgan fingerprint density at radius 3 is 2.95 bits per heavy atom. The Bertz CT molecular complexity index is 521. The lowest BCUT2D eigenvalue weighted by molar-refractivity contribution is 0.118. The van der Waals surface area contributed by atoms with Gasteiger partial charge in [0.1, 0.15) is 5.82 Å². The highest BCUT2D eigenvalue weighted by Crippen LogP contribution is 2.21. The van der Waals surface area contributed by atoms with E-state index in [1.807, 2.05) is 0 Å². The Morgan fingerprint density at radius 1 is 1.33 bits per heavy atom. The average molecular weight is 290 g/mol. The van der Waals surface area contributed by atoms with E-state index in [-0.39, 0.29) is 25.0 Å². The largest absolute Gasteiger partial charge is 0.395 e. The highest BCUT2D eigenvalue weighted by atomic mass is 19.1. The molecule has 3 nitrogen and oxygen atoms in total. The monoisotopic (exact) mass is 290 g/mol. The van der Waals surface area contributed by atoms with Crippen LogP contribution in [-0.2, 0) is 6.54 Å². The molecule has 0 bridgehead atoms. The molecule has 2 rings (SSSR count). The zero-order valence-electron chi connectivity index (χ0n) is 12.3. The summed E-state index contributed by atoms with van der Waals surface area (Å²) in [5.41, 5.74) is 7.10. The van der Waals surface area contributed by atoms with E-state index in [0.29, 0.717) is 12.1 Å². The minimum absolute atomic E-state index is 0.172. The van der Waals surface area contributed by atoms with Crippen LogP contribution in [0.2, 0.25) is 0 Å². The van der Waals surface area contributed by atoms with Gasteiger partial charge in [0.2, 0.25) is 0 Å². The molecule has 0 saturated carbocycles. The van der Waals surface area contributed by atoms with Gasteiger partial charge in [-0.25, -0.2) is 4.39 Å². The van der Waals surface area contributed by atoms with Crippen molar-refractivity contribution in [1.82, 2.24) is 4.90 Å². The number of rotatable bonds is 3. The second kappa shape index (κ2) is 8.14. The Kier molecular flexibility index (Phi) is 6.19. The third kappa shape index (κ3) is 4.53. The van der Waals surface area contributed by atoms with Crippen LogP contribution in [0.3, 0.4) is 0 Å². The molecule has 1 aliphatic rings. The van der Waals surface area contributed by atoms with Gasteiger partial charge in [0.05, 0.1) is 13.2 Å². The van der Waals surface area contributed by atoms with Crippen molar-refractivity contribution in [2.45, 2.75) is 38.3 Å². The fourth-order valence-electron chi connectivity index (χ4n) is 2.82. The van der Waals surface area contributed by atoms with E-state index < -0.39 is 0 Å². The number of halogens is 1. The van der Waals surface area contributed by atoms with Gasteiger partial charge in [-0.05, 0) is 37.1 Å². The number of aliphatic hydroxyl groups is 1. The molecule has 1 aromatic rings. The van der Waals surface area contributed by atoms with Crippen molar-refractivity contribution in [3.05, 3.63) is 35.1 Å². The minimum atomic E-state index is -0.283. The fraction of sp³-hybridized carbons (Fsp3) is 0.529. The Labute approximate surface area is 125 Å². The van der Waals surface area contributed by atoms with Crippen LogP contribution in [0.5, 0.6) is 0 Å². The van der Waals surface area contributed by atoms with E-state index in [2.05, 4.69) is 16.7 Å². The first kappa shape index (κ1) is 16.0. The summed E-state index contributed by atoms with van der Waals surface area (Å²) in [4.78, 5) is 2.29. The van der Waals surface area contributed by atoms with Gasteiger partial charge >= 0.3 is 0 Å². The van der Waals surface area contributed by atoms with Gasteiger partial charge in [0.15, 0.2) is 0 Å². The lowest BCUT2D eigenvalue weighted by atomic mass is 10.1. The van der Waals surface area contributed by atoms with Crippen molar-refractivity contribution in [2.24, 2.45) is 5.73 Å².